The van der Waals surface area contributed by atoms with Crippen LogP contribution in [0, 0.1) is 5.41 Å². The zero-order valence-electron chi connectivity index (χ0n) is 10.3. The molecule has 1 unspecified atom stereocenters. The van der Waals surface area contributed by atoms with Crippen molar-refractivity contribution in [3.8, 4) is 0 Å². The first kappa shape index (κ1) is 12.3. The molecule has 0 aliphatic heterocycles. The predicted molar refractivity (Wildman–Crippen MR) is 64.7 cm³/mol. The normalized spacial score (nSPS) is 22.2. The Hall–Kier alpha value is -1.20. The van der Waals surface area contributed by atoms with Gasteiger partial charge in [0, 0.05) is 17.7 Å². The van der Waals surface area contributed by atoms with E-state index in [0.717, 1.165) is 17.7 Å². The Morgan fingerprint density at radius 1 is 1.59 bits per heavy atom. The van der Waals surface area contributed by atoms with Crippen molar-refractivity contribution < 1.29 is 5.11 Å². The molecule has 1 aromatic heterocycles. The molecule has 2 rings (SSSR count). The number of aliphatic hydroxyl groups is 1. The number of H-pyrrole nitrogens is 1. The van der Waals surface area contributed by atoms with E-state index in [0.29, 0.717) is 25.1 Å². The van der Waals surface area contributed by atoms with Crippen molar-refractivity contribution in [3.63, 3.8) is 0 Å². The van der Waals surface area contributed by atoms with Crippen LogP contribution in [0.25, 0.3) is 0 Å². The molecule has 94 valence electrons. The second-order valence-electron chi connectivity index (χ2n) is 5.48. The van der Waals surface area contributed by atoms with Crippen LogP contribution in [0.5, 0.6) is 0 Å². The van der Waals surface area contributed by atoms with Crippen LogP contribution in [0.2, 0.25) is 0 Å². The average Bonchev–Trinajstić information content (AvgIpc) is 2.13. The van der Waals surface area contributed by atoms with Gasteiger partial charge >= 0.3 is 5.69 Å². The van der Waals surface area contributed by atoms with Crippen molar-refractivity contribution >= 4 is 0 Å². The first-order chi connectivity index (χ1) is 7.93. The molecule has 0 fully saturated rings. The predicted octanol–water partition coefficient (Wildman–Crippen LogP) is 0.277. The molecule has 1 aliphatic carbocycles. The van der Waals surface area contributed by atoms with Crippen LogP contribution in [0.15, 0.2) is 4.79 Å². The third-order valence-electron chi connectivity index (χ3n) is 3.25. The summed E-state index contributed by atoms with van der Waals surface area (Å²) in [6.45, 7) is 4.60. The molecule has 0 amide bonds. The minimum Gasteiger partial charge on any atom is -0.388 e. The Labute approximate surface area is 100 Å². The lowest BCUT2D eigenvalue weighted by atomic mass is 9.74. The lowest BCUT2D eigenvalue weighted by Crippen LogP contribution is -2.32. The van der Waals surface area contributed by atoms with E-state index in [1.54, 1.807) is 0 Å². The van der Waals surface area contributed by atoms with E-state index in [1.807, 2.05) is 0 Å². The molecule has 0 spiro atoms. The van der Waals surface area contributed by atoms with E-state index in [-0.39, 0.29) is 11.1 Å². The lowest BCUT2D eigenvalue weighted by Gasteiger charge is -2.34. The summed E-state index contributed by atoms with van der Waals surface area (Å²) >= 11 is 0. The maximum Gasteiger partial charge on any atom is 0.345 e. The van der Waals surface area contributed by atoms with Gasteiger partial charge in [-0.05, 0) is 24.8 Å². The zero-order chi connectivity index (χ0) is 12.6. The van der Waals surface area contributed by atoms with E-state index in [4.69, 9.17) is 5.73 Å². The quantitative estimate of drug-likeness (QED) is 0.688. The summed E-state index contributed by atoms with van der Waals surface area (Å²) in [7, 11) is 0. The zero-order valence-corrected chi connectivity index (χ0v) is 10.3. The monoisotopic (exact) mass is 237 g/mol. The fourth-order valence-corrected chi connectivity index (χ4v) is 2.62. The summed E-state index contributed by atoms with van der Waals surface area (Å²) in [6.07, 6.45) is 1.42. The lowest BCUT2D eigenvalue weighted by molar-refractivity contribution is 0.0965. The summed E-state index contributed by atoms with van der Waals surface area (Å²) in [4.78, 5) is 18.1. The van der Waals surface area contributed by atoms with Gasteiger partial charge in [0.05, 0.1) is 11.8 Å². The molecule has 1 atom stereocenters. The van der Waals surface area contributed by atoms with Crippen molar-refractivity contribution in [2.45, 2.75) is 39.2 Å². The molecule has 0 radical (unpaired) electrons. The molecular formula is C12H19N3O2. The number of hydrogen-bond acceptors (Lipinski definition) is 4. The third-order valence-corrected chi connectivity index (χ3v) is 3.25. The number of hydrogen-bond donors (Lipinski definition) is 3. The minimum absolute atomic E-state index is 0.00328. The first-order valence-electron chi connectivity index (χ1n) is 5.93. The van der Waals surface area contributed by atoms with E-state index < -0.39 is 6.10 Å². The largest absolute Gasteiger partial charge is 0.388 e. The fraction of sp³-hybridized carbons (Fsp3) is 0.667. The van der Waals surface area contributed by atoms with E-state index in [2.05, 4.69) is 23.8 Å². The van der Waals surface area contributed by atoms with Crippen LogP contribution in [0.3, 0.4) is 0 Å². The molecule has 0 aromatic carbocycles. The first-order valence-corrected chi connectivity index (χ1v) is 5.93. The molecule has 0 bridgehead atoms. The molecule has 1 aromatic rings. The van der Waals surface area contributed by atoms with Crippen LogP contribution in [-0.2, 0) is 12.8 Å². The van der Waals surface area contributed by atoms with Gasteiger partial charge < -0.3 is 15.8 Å². The summed E-state index contributed by atoms with van der Waals surface area (Å²) in [6, 6.07) is 0. The van der Waals surface area contributed by atoms with Crippen molar-refractivity contribution in [3.05, 3.63) is 27.4 Å². The highest BCUT2D eigenvalue weighted by atomic mass is 16.3. The van der Waals surface area contributed by atoms with Crippen molar-refractivity contribution in [1.29, 1.82) is 0 Å². The van der Waals surface area contributed by atoms with E-state index in [1.165, 1.54) is 0 Å². The average molecular weight is 237 g/mol. The second kappa shape index (κ2) is 4.23. The van der Waals surface area contributed by atoms with Gasteiger partial charge in [0.2, 0.25) is 0 Å². The van der Waals surface area contributed by atoms with Crippen LogP contribution in [0.4, 0.5) is 0 Å². The molecule has 1 aliphatic rings. The van der Waals surface area contributed by atoms with Gasteiger partial charge in [-0.2, -0.15) is 4.98 Å². The highest BCUT2D eigenvalue weighted by molar-refractivity contribution is 5.31. The summed E-state index contributed by atoms with van der Waals surface area (Å²) in [5.74, 6) is 0. The van der Waals surface area contributed by atoms with Crippen LogP contribution < -0.4 is 11.4 Å². The summed E-state index contributed by atoms with van der Waals surface area (Å²) in [5, 5.41) is 10.2. The topological polar surface area (TPSA) is 92.0 Å². The highest BCUT2D eigenvalue weighted by Gasteiger charge is 2.33. The third kappa shape index (κ3) is 2.40. The van der Waals surface area contributed by atoms with Gasteiger partial charge in [-0.3, -0.25) is 0 Å². The molecule has 17 heavy (non-hydrogen) atoms. The number of fused-ring (bicyclic) bond motifs is 1. The van der Waals surface area contributed by atoms with Gasteiger partial charge in [0.25, 0.3) is 0 Å². The van der Waals surface area contributed by atoms with E-state index in [9.17, 15) is 9.90 Å². The Kier molecular flexibility index (Phi) is 3.05. The van der Waals surface area contributed by atoms with Gasteiger partial charge in [-0.25, -0.2) is 4.79 Å². The van der Waals surface area contributed by atoms with Crippen LogP contribution in [0.1, 0.15) is 43.3 Å². The van der Waals surface area contributed by atoms with E-state index >= 15 is 0 Å². The highest BCUT2D eigenvalue weighted by Crippen LogP contribution is 2.40. The number of nitrogens with two attached hydrogens (primary N) is 1. The number of aromatic nitrogens is 2. The van der Waals surface area contributed by atoms with Gasteiger partial charge in [0.15, 0.2) is 0 Å². The number of nitrogens with one attached hydrogen (secondary N) is 1. The van der Waals surface area contributed by atoms with Gasteiger partial charge in [-0.1, -0.05) is 13.8 Å². The number of aromatic amines is 1. The molecule has 0 saturated carbocycles. The molecule has 1 heterocycles. The van der Waals surface area contributed by atoms with Crippen molar-refractivity contribution in [2.24, 2.45) is 11.1 Å². The Bertz CT molecular complexity index is 479. The smallest absolute Gasteiger partial charge is 0.345 e. The second-order valence-corrected chi connectivity index (χ2v) is 5.48. The molecule has 5 heteroatoms. The summed E-state index contributed by atoms with van der Waals surface area (Å²) < 4.78 is 0. The fourth-order valence-electron chi connectivity index (χ4n) is 2.62. The minimum atomic E-state index is -0.556. The van der Waals surface area contributed by atoms with Crippen molar-refractivity contribution in [2.75, 3.05) is 6.54 Å². The Balaban J connectivity index is 2.54. The van der Waals surface area contributed by atoms with Gasteiger partial charge in [-0.15, -0.1) is 0 Å². The van der Waals surface area contributed by atoms with Crippen LogP contribution >= 0.6 is 0 Å². The van der Waals surface area contributed by atoms with Crippen LogP contribution in [-0.4, -0.2) is 21.6 Å². The maximum absolute atomic E-state index is 11.5. The molecular weight excluding hydrogens is 218 g/mol. The SMILES string of the molecule is CC1(C)Cc2[nH]c(=O)nc(CCN)c2C(O)C1. The summed E-state index contributed by atoms with van der Waals surface area (Å²) in [5.41, 5.74) is 7.41. The number of aliphatic hydroxyl groups excluding tert-OH is 1. The maximum atomic E-state index is 11.5. The molecule has 5 nitrogen and oxygen atoms in total. The molecule has 4 N–H and O–H groups in total. The number of rotatable bonds is 2. The molecule has 0 saturated heterocycles. The standard InChI is InChI=1S/C12H19N3O2/c1-12(2)5-8-10(9(16)6-12)7(3-4-13)14-11(17)15-8/h9,16H,3-6,13H2,1-2H3,(H,14,15,17). The Morgan fingerprint density at radius 3 is 2.94 bits per heavy atom. The van der Waals surface area contributed by atoms with Crippen molar-refractivity contribution in [1.82, 2.24) is 9.97 Å². The number of nitrogens with zero attached hydrogens (tertiary/aromatic N) is 1. The Morgan fingerprint density at radius 2 is 2.29 bits per heavy atom. The van der Waals surface area contributed by atoms with Gasteiger partial charge in [0.1, 0.15) is 0 Å².